The zero-order valence-electron chi connectivity index (χ0n) is 15.6. The fourth-order valence-electron chi connectivity index (χ4n) is 3.68. The van der Waals surface area contributed by atoms with E-state index in [0.29, 0.717) is 4.75 Å². The van der Waals surface area contributed by atoms with E-state index in [-0.39, 0.29) is 0 Å². The molecule has 2 saturated heterocycles. The lowest BCUT2D eigenvalue weighted by atomic mass is 9.97. The van der Waals surface area contributed by atoms with Crippen molar-refractivity contribution in [3.63, 3.8) is 0 Å². The van der Waals surface area contributed by atoms with Crippen LogP contribution < -0.4 is 10.6 Å². The quantitative estimate of drug-likeness (QED) is 0.586. The van der Waals surface area contributed by atoms with Crippen LogP contribution in [0.2, 0.25) is 0 Å². The van der Waals surface area contributed by atoms with E-state index < -0.39 is 0 Å². The summed E-state index contributed by atoms with van der Waals surface area (Å²) >= 11 is 3.97. The summed E-state index contributed by atoms with van der Waals surface area (Å²) in [6, 6.07) is 4.40. The van der Waals surface area contributed by atoms with Crippen LogP contribution in [0.5, 0.6) is 0 Å². The van der Waals surface area contributed by atoms with Crippen molar-refractivity contribution < 1.29 is 0 Å². The third-order valence-electron chi connectivity index (χ3n) is 5.38. The Hall–Kier alpha value is -0.720. The van der Waals surface area contributed by atoms with Crippen molar-refractivity contribution in [3.8, 4) is 0 Å². The molecule has 0 spiro atoms. The van der Waals surface area contributed by atoms with Crippen LogP contribution in [0.1, 0.15) is 37.5 Å². The molecular formula is C19H32N4S2. The predicted octanol–water partition coefficient (Wildman–Crippen LogP) is 3.41. The third kappa shape index (κ3) is 5.90. The number of aliphatic imine (C=N–C) groups is 1. The van der Waals surface area contributed by atoms with Gasteiger partial charge in [0.25, 0.3) is 0 Å². The Morgan fingerprint density at radius 1 is 1.36 bits per heavy atom. The Balaban J connectivity index is 1.34. The first kappa shape index (κ1) is 19.1. The number of nitrogens with one attached hydrogen (secondary N) is 2. The molecule has 140 valence electrons. The van der Waals surface area contributed by atoms with Gasteiger partial charge in [0, 0.05) is 36.3 Å². The van der Waals surface area contributed by atoms with Crippen molar-refractivity contribution >= 4 is 29.1 Å². The average Bonchev–Trinajstić information content (AvgIpc) is 3.29. The van der Waals surface area contributed by atoms with Gasteiger partial charge in [0.1, 0.15) is 0 Å². The summed E-state index contributed by atoms with van der Waals surface area (Å²) in [6.07, 6.45) is 5.22. The van der Waals surface area contributed by atoms with Gasteiger partial charge >= 0.3 is 0 Å². The molecule has 25 heavy (non-hydrogen) atoms. The van der Waals surface area contributed by atoms with Gasteiger partial charge in [-0.1, -0.05) is 6.07 Å². The van der Waals surface area contributed by atoms with Crippen LogP contribution in [-0.4, -0.2) is 54.6 Å². The summed E-state index contributed by atoms with van der Waals surface area (Å²) in [5.74, 6) is 3.03. The summed E-state index contributed by atoms with van der Waals surface area (Å²) in [4.78, 5) is 8.48. The predicted molar refractivity (Wildman–Crippen MR) is 112 cm³/mol. The topological polar surface area (TPSA) is 39.7 Å². The molecule has 0 amide bonds. The second-order valence-electron chi connectivity index (χ2n) is 7.51. The van der Waals surface area contributed by atoms with E-state index in [4.69, 9.17) is 0 Å². The standard InChI is InChI=1S/C19H32N4S2/c1-19(8-4-12-25-19)15-22-18(20-2)21-13-16-6-9-23(10-7-16)14-17-5-3-11-24-17/h3,5,11,16H,4,6-10,12-15H2,1-2H3,(H2,20,21,22). The van der Waals surface area contributed by atoms with Gasteiger partial charge in [-0.05, 0) is 68.8 Å². The van der Waals surface area contributed by atoms with Gasteiger partial charge in [-0.3, -0.25) is 9.89 Å². The Labute approximate surface area is 160 Å². The molecule has 0 saturated carbocycles. The smallest absolute Gasteiger partial charge is 0.191 e. The molecule has 2 fully saturated rings. The molecule has 6 heteroatoms. The number of rotatable bonds is 6. The van der Waals surface area contributed by atoms with Crippen LogP contribution in [0.3, 0.4) is 0 Å². The molecule has 2 aliphatic rings. The Bertz CT molecular complexity index is 530. The van der Waals surface area contributed by atoms with E-state index in [1.165, 1.54) is 49.4 Å². The van der Waals surface area contributed by atoms with Crippen molar-refractivity contribution in [2.45, 2.75) is 43.9 Å². The van der Waals surface area contributed by atoms with E-state index in [0.717, 1.165) is 31.5 Å². The van der Waals surface area contributed by atoms with Gasteiger partial charge < -0.3 is 10.6 Å². The van der Waals surface area contributed by atoms with Crippen molar-refractivity contribution in [1.29, 1.82) is 0 Å². The van der Waals surface area contributed by atoms with E-state index in [1.807, 2.05) is 18.4 Å². The normalized spacial score (nSPS) is 26.1. The van der Waals surface area contributed by atoms with E-state index >= 15 is 0 Å². The van der Waals surface area contributed by atoms with Crippen molar-refractivity contribution in [2.24, 2.45) is 10.9 Å². The SMILES string of the molecule is CN=C(NCC1CCN(Cc2cccs2)CC1)NCC1(C)CCCS1. The molecule has 1 unspecified atom stereocenters. The Kier molecular flexibility index (Phi) is 7.08. The largest absolute Gasteiger partial charge is 0.356 e. The van der Waals surface area contributed by atoms with Crippen LogP contribution in [0, 0.1) is 5.92 Å². The minimum Gasteiger partial charge on any atom is -0.356 e. The molecule has 0 aromatic carbocycles. The number of thiophene rings is 1. The molecule has 0 aliphatic carbocycles. The van der Waals surface area contributed by atoms with Crippen LogP contribution in [0.15, 0.2) is 22.5 Å². The van der Waals surface area contributed by atoms with Crippen molar-refractivity contribution in [3.05, 3.63) is 22.4 Å². The molecule has 3 heterocycles. The summed E-state index contributed by atoms with van der Waals surface area (Å²) in [7, 11) is 1.88. The molecule has 1 aromatic rings. The number of thioether (sulfide) groups is 1. The lowest BCUT2D eigenvalue weighted by Gasteiger charge is -2.32. The zero-order valence-corrected chi connectivity index (χ0v) is 17.2. The second-order valence-corrected chi connectivity index (χ2v) is 10.2. The van der Waals surface area contributed by atoms with Crippen LogP contribution in [-0.2, 0) is 6.54 Å². The molecule has 4 nitrogen and oxygen atoms in total. The minimum atomic E-state index is 0.380. The molecule has 2 aliphatic heterocycles. The number of likely N-dealkylation sites (tertiary alicyclic amines) is 1. The monoisotopic (exact) mass is 380 g/mol. The highest BCUT2D eigenvalue weighted by Crippen LogP contribution is 2.36. The molecule has 1 aromatic heterocycles. The van der Waals surface area contributed by atoms with Crippen LogP contribution >= 0.6 is 23.1 Å². The highest BCUT2D eigenvalue weighted by molar-refractivity contribution is 8.00. The minimum absolute atomic E-state index is 0.380. The highest BCUT2D eigenvalue weighted by atomic mass is 32.2. The number of piperidine rings is 1. The van der Waals surface area contributed by atoms with Gasteiger partial charge in [-0.15, -0.1) is 11.3 Å². The summed E-state index contributed by atoms with van der Waals surface area (Å²) < 4.78 is 0.380. The van der Waals surface area contributed by atoms with E-state index in [1.54, 1.807) is 0 Å². The Morgan fingerprint density at radius 3 is 2.84 bits per heavy atom. The number of guanidine groups is 1. The van der Waals surface area contributed by atoms with Gasteiger partial charge in [0.2, 0.25) is 0 Å². The van der Waals surface area contributed by atoms with E-state index in [9.17, 15) is 0 Å². The first-order chi connectivity index (χ1) is 12.2. The van der Waals surface area contributed by atoms with Crippen LogP contribution in [0.25, 0.3) is 0 Å². The molecule has 0 bridgehead atoms. The number of hydrogen-bond acceptors (Lipinski definition) is 4. The first-order valence-corrected chi connectivity index (χ1v) is 11.4. The molecule has 1 atom stereocenters. The second kappa shape index (κ2) is 9.28. The molecule has 3 rings (SSSR count). The number of hydrogen-bond donors (Lipinski definition) is 2. The molecule has 2 N–H and O–H groups in total. The summed E-state index contributed by atoms with van der Waals surface area (Å²) in [5, 5.41) is 9.27. The average molecular weight is 381 g/mol. The van der Waals surface area contributed by atoms with Gasteiger partial charge in [0.15, 0.2) is 5.96 Å². The maximum absolute atomic E-state index is 4.41. The molecular weight excluding hydrogens is 348 g/mol. The summed E-state index contributed by atoms with van der Waals surface area (Å²) in [6.45, 7) is 7.97. The summed E-state index contributed by atoms with van der Waals surface area (Å²) in [5.41, 5.74) is 0. The van der Waals surface area contributed by atoms with E-state index in [2.05, 4.69) is 56.7 Å². The van der Waals surface area contributed by atoms with Crippen molar-refractivity contribution in [2.75, 3.05) is 39.0 Å². The maximum Gasteiger partial charge on any atom is 0.191 e. The lowest BCUT2D eigenvalue weighted by molar-refractivity contribution is 0.179. The van der Waals surface area contributed by atoms with Gasteiger partial charge in [-0.25, -0.2) is 0 Å². The zero-order chi connectivity index (χ0) is 17.5. The van der Waals surface area contributed by atoms with Crippen LogP contribution in [0.4, 0.5) is 0 Å². The molecule has 0 radical (unpaired) electrons. The number of nitrogens with zero attached hydrogens (tertiary/aromatic N) is 2. The van der Waals surface area contributed by atoms with Gasteiger partial charge in [0.05, 0.1) is 0 Å². The fourth-order valence-corrected chi connectivity index (χ4v) is 5.67. The fraction of sp³-hybridized carbons (Fsp3) is 0.737. The first-order valence-electron chi connectivity index (χ1n) is 9.50. The highest BCUT2D eigenvalue weighted by Gasteiger charge is 2.29. The Morgan fingerprint density at radius 2 is 2.20 bits per heavy atom. The lowest BCUT2D eigenvalue weighted by Crippen LogP contribution is -2.46. The third-order valence-corrected chi connectivity index (χ3v) is 7.78. The van der Waals surface area contributed by atoms with Gasteiger partial charge in [-0.2, -0.15) is 11.8 Å². The maximum atomic E-state index is 4.41. The van der Waals surface area contributed by atoms with Crippen molar-refractivity contribution in [1.82, 2.24) is 15.5 Å².